The summed E-state index contributed by atoms with van der Waals surface area (Å²) in [7, 11) is 0. The van der Waals surface area contributed by atoms with Crippen molar-refractivity contribution >= 4 is 28.5 Å². The second-order valence-corrected chi connectivity index (χ2v) is 8.47. The molecule has 0 fully saturated rings. The minimum atomic E-state index is -0.167. The molecule has 0 aliphatic carbocycles. The first-order valence-electron chi connectivity index (χ1n) is 10.4. The zero-order valence-electron chi connectivity index (χ0n) is 18.3. The van der Waals surface area contributed by atoms with Crippen LogP contribution in [0, 0.1) is 27.7 Å². The van der Waals surface area contributed by atoms with Crippen molar-refractivity contribution in [1.82, 2.24) is 14.9 Å². The molecule has 0 bridgehead atoms. The second kappa shape index (κ2) is 8.56. The van der Waals surface area contributed by atoms with E-state index >= 15 is 0 Å². The molecular weight excluding hydrogens is 406 g/mol. The molecule has 0 aliphatic heterocycles. The van der Waals surface area contributed by atoms with Gasteiger partial charge in [0.2, 0.25) is 0 Å². The Morgan fingerprint density at radius 3 is 2.39 bits per heavy atom. The van der Waals surface area contributed by atoms with E-state index in [1.807, 2.05) is 18.2 Å². The van der Waals surface area contributed by atoms with Gasteiger partial charge in [0.05, 0.1) is 17.6 Å². The first kappa shape index (κ1) is 21.1. The highest BCUT2D eigenvalue weighted by Gasteiger charge is 2.16. The van der Waals surface area contributed by atoms with Gasteiger partial charge in [0.25, 0.3) is 5.91 Å². The molecule has 0 radical (unpaired) electrons. The van der Waals surface area contributed by atoms with E-state index in [2.05, 4.69) is 49.7 Å². The highest BCUT2D eigenvalue weighted by Crippen LogP contribution is 2.25. The monoisotopic (exact) mass is 431 g/mol. The number of hydrogen-bond donors (Lipinski definition) is 1. The Morgan fingerprint density at radius 1 is 0.968 bits per heavy atom. The largest absolute Gasteiger partial charge is 0.345 e. The molecule has 1 N–H and O–H groups in total. The maximum Gasteiger partial charge on any atom is 0.251 e. The Bertz CT molecular complexity index is 1260. The first-order chi connectivity index (χ1) is 14.8. The molecule has 0 aliphatic rings. The number of aryl methyl sites for hydroxylation is 2. The number of hydrogen-bond acceptors (Lipinski definition) is 2. The summed E-state index contributed by atoms with van der Waals surface area (Å²) in [4.78, 5) is 17.5. The summed E-state index contributed by atoms with van der Waals surface area (Å²) in [6.07, 6.45) is 0. The van der Waals surface area contributed by atoms with Crippen LogP contribution >= 0.6 is 11.6 Å². The lowest BCUT2D eigenvalue weighted by Gasteiger charge is -2.18. The van der Waals surface area contributed by atoms with Gasteiger partial charge in [-0.1, -0.05) is 35.9 Å². The molecule has 1 heterocycles. The molecule has 158 valence electrons. The van der Waals surface area contributed by atoms with Gasteiger partial charge in [-0.3, -0.25) is 4.79 Å². The third-order valence-corrected chi connectivity index (χ3v) is 6.30. The molecule has 5 heteroatoms. The van der Waals surface area contributed by atoms with Crippen LogP contribution in [0.15, 0.2) is 54.6 Å². The fraction of sp³-hybridized carbons (Fsp3) is 0.231. The number of imidazole rings is 1. The summed E-state index contributed by atoms with van der Waals surface area (Å²) in [6.45, 7) is 9.71. The lowest BCUT2D eigenvalue weighted by atomic mass is 9.94. The topological polar surface area (TPSA) is 46.9 Å². The molecular formula is C26H26ClN3O. The van der Waals surface area contributed by atoms with Gasteiger partial charge in [-0.15, -0.1) is 0 Å². The third-order valence-electron chi connectivity index (χ3n) is 6.07. The van der Waals surface area contributed by atoms with Gasteiger partial charge >= 0.3 is 0 Å². The summed E-state index contributed by atoms with van der Waals surface area (Å²) >= 11 is 6.03. The number of fused-ring (bicyclic) bond motifs is 1. The van der Waals surface area contributed by atoms with Crippen LogP contribution in [0.1, 0.15) is 44.0 Å². The van der Waals surface area contributed by atoms with Crippen molar-refractivity contribution in [3.8, 4) is 0 Å². The van der Waals surface area contributed by atoms with Gasteiger partial charge in [-0.25, -0.2) is 4.98 Å². The predicted octanol–water partition coefficient (Wildman–Crippen LogP) is 5.90. The number of rotatable bonds is 5. The molecule has 1 aromatic heterocycles. The van der Waals surface area contributed by atoms with Crippen LogP contribution in [-0.4, -0.2) is 15.5 Å². The van der Waals surface area contributed by atoms with Crippen LogP contribution in [0.4, 0.5) is 0 Å². The number of nitrogens with one attached hydrogen (secondary N) is 1. The van der Waals surface area contributed by atoms with Crippen LogP contribution < -0.4 is 5.32 Å². The third kappa shape index (κ3) is 4.21. The average molecular weight is 432 g/mol. The smallest absolute Gasteiger partial charge is 0.251 e. The number of para-hydroxylation sites is 2. The van der Waals surface area contributed by atoms with Gasteiger partial charge in [0, 0.05) is 17.1 Å². The highest BCUT2D eigenvalue weighted by molar-refractivity contribution is 6.30. The van der Waals surface area contributed by atoms with E-state index in [1.165, 1.54) is 27.8 Å². The zero-order chi connectivity index (χ0) is 22.1. The van der Waals surface area contributed by atoms with Crippen LogP contribution in [0.25, 0.3) is 11.0 Å². The molecule has 0 saturated heterocycles. The summed E-state index contributed by atoms with van der Waals surface area (Å²) in [5.41, 5.74) is 9.02. The average Bonchev–Trinajstić information content (AvgIpc) is 3.11. The first-order valence-corrected chi connectivity index (χ1v) is 10.8. The van der Waals surface area contributed by atoms with E-state index in [1.54, 1.807) is 24.3 Å². The van der Waals surface area contributed by atoms with Gasteiger partial charge in [-0.05, 0) is 85.8 Å². The Labute approximate surface area is 187 Å². The molecule has 4 nitrogen and oxygen atoms in total. The van der Waals surface area contributed by atoms with E-state index in [9.17, 15) is 4.79 Å². The van der Waals surface area contributed by atoms with Gasteiger partial charge < -0.3 is 9.88 Å². The standard InChI is InChI=1S/C26H26ClN3O/c1-16-12-17(2)19(4)22(18(16)3)15-30-24-11-6-5-10-23(24)29-25(30)14-28-26(31)20-8-7-9-21(27)13-20/h5-13H,14-15H2,1-4H3,(H,28,31). The summed E-state index contributed by atoms with van der Waals surface area (Å²) in [5.74, 6) is 0.661. The Balaban J connectivity index is 1.70. The van der Waals surface area contributed by atoms with Crippen molar-refractivity contribution in [1.29, 1.82) is 0 Å². The molecule has 4 rings (SSSR count). The van der Waals surface area contributed by atoms with Crippen molar-refractivity contribution in [2.45, 2.75) is 40.8 Å². The van der Waals surface area contributed by atoms with E-state index < -0.39 is 0 Å². The number of nitrogens with zero attached hydrogens (tertiary/aromatic N) is 2. The summed E-state index contributed by atoms with van der Waals surface area (Å²) < 4.78 is 2.21. The van der Waals surface area contributed by atoms with Crippen molar-refractivity contribution in [2.75, 3.05) is 0 Å². The quantitative estimate of drug-likeness (QED) is 0.427. The normalized spacial score (nSPS) is 11.1. The summed E-state index contributed by atoms with van der Waals surface area (Å²) in [6, 6.07) is 17.3. The molecule has 1 amide bonds. The van der Waals surface area contributed by atoms with E-state index in [4.69, 9.17) is 16.6 Å². The van der Waals surface area contributed by atoms with Crippen LogP contribution in [-0.2, 0) is 13.1 Å². The van der Waals surface area contributed by atoms with Gasteiger partial charge in [0.15, 0.2) is 0 Å². The molecule has 3 aromatic carbocycles. The van der Waals surface area contributed by atoms with Gasteiger partial charge in [-0.2, -0.15) is 0 Å². The minimum Gasteiger partial charge on any atom is -0.345 e. The van der Waals surface area contributed by atoms with Crippen molar-refractivity contribution in [3.05, 3.63) is 98.8 Å². The van der Waals surface area contributed by atoms with E-state index in [-0.39, 0.29) is 5.91 Å². The Morgan fingerprint density at radius 2 is 1.68 bits per heavy atom. The molecule has 0 atom stereocenters. The number of benzene rings is 3. The molecule has 0 spiro atoms. The molecule has 0 unspecified atom stereocenters. The number of amides is 1. The SMILES string of the molecule is Cc1cc(C)c(C)c(Cn2c(CNC(=O)c3cccc(Cl)c3)nc3ccccc32)c1C. The number of carbonyl (C=O) groups is 1. The Kier molecular flexibility index (Phi) is 5.84. The number of carbonyl (C=O) groups excluding carboxylic acids is 1. The highest BCUT2D eigenvalue weighted by atomic mass is 35.5. The molecule has 31 heavy (non-hydrogen) atoms. The van der Waals surface area contributed by atoms with E-state index in [0.29, 0.717) is 23.7 Å². The lowest BCUT2D eigenvalue weighted by Crippen LogP contribution is -2.25. The van der Waals surface area contributed by atoms with Crippen molar-refractivity contribution in [2.24, 2.45) is 0 Å². The van der Waals surface area contributed by atoms with Crippen molar-refractivity contribution < 1.29 is 4.79 Å². The maximum absolute atomic E-state index is 12.6. The van der Waals surface area contributed by atoms with Crippen LogP contribution in [0.2, 0.25) is 5.02 Å². The minimum absolute atomic E-state index is 0.167. The zero-order valence-corrected chi connectivity index (χ0v) is 19.0. The summed E-state index contributed by atoms with van der Waals surface area (Å²) in [5, 5.41) is 3.54. The second-order valence-electron chi connectivity index (χ2n) is 8.03. The Hall–Kier alpha value is -3.11. The maximum atomic E-state index is 12.6. The van der Waals surface area contributed by atoms with Crippen LogP contribution in [0.5, 0.6) is 0 Å². The predicted molar refractivity (Wildman–Crippen MR) is 127 cm³/mol. The number of halogens is 1. The van der Waals surface area contributed by atoms with Crippen LogP contribution in [0.3, 0.4) is 0 Å². The molecule has 4 aromatic rings. The molecule has 0 saturated carbocycles. The fourth-order valence-electron chi connectivity index (χ4n) is 4.02. The van der Waals surface area contributed by atoms with Crippen molar-refractivity contribution in [3.63, 3.8) is 0 Å². The van der Waals surface area contributed by atoms with E-state index in [0.717, 1.165) is 16.9 Å². The fourth-order valence-corrected chi connectivity index (χ4v) is 4.21. The lowest BCUT2D eigenvalue weighted by molar-refractivity contribution is 0.0949. The number of aromatic nitrogens is 2. The van der Waals surface area contributed by atoms with Gasteiger partial charge in [0.1, 0.15) is 5.82 Å².